The van der Waals surface area contributed by atoms with Gasteiger partial charge in [0.15, 0.2) is 11.4 Å². The maximum atomic E-state index is 14.2. The first kappa shape index (κ1) is 30.2. The predicted molar refractivity (Wildman–Crippen MR) is 167 cm³/mol. The molecule has 234 valence electrons. The van der Waals surface area contributed by atoms with E-state index in [1.807, 2.05) is 31.1 Å². The minimum Gasteiger partial charge on any atom is -0.508 e. The first-order valence-electron chi connectivity index (χ1n) is 15.7. The van der Waals surface area contributed by atoms with Crippen LogP contribution in [0.25, 0.3) is 11.3 Å². The fourth-order valence-electron chi connectivity index (χ4n) is 8.67. The maximum Gasteiger partial charge on any atom is 0.255 e. The lowest BCUT2D eigenvalue weighted by molar-refractivity contribution is -0.155. The van der Waals surface area contributed by atoms with Gasteiger partial charge in [0.2, 0.25) is 5.78 Å². The molecule has 44 heavy (non-hydrogen) atoms. The average molecular weight is 603 g/mol. The number of nitrogens with zero attached hydrogens (tertiary/aromatic N) is 1. The fourth-order valence-corrected chi connectivity index (χ4v) is 8.67. The number of amides is 1. The van der Waals surface area contributed by atoms with E-state index < -0.39 is 57.9 Å². The van der Waals surface area contributed by atoms with Gasteiger partial charge >= 0.3 is 0 Å². The summed E-state index contributed by atoms with van der Waals surface area (Å²) in [6.07, 6.45) is 11.2. The third kappa shape index (κ3) is 4.34. The summed E-state index contributed by atoms with van der Waals surface area (Å²) in [5, 5.41) is 46.5. The van der Waals surface area contributed by atoms with Gasteiger partial charge in [0.05, 0.1) is 5.56 Å². The molecular weight excluding hydrogens is 560 g/mol. The Morgan fingerprint density at radius 1 is 1.11 bits per heavy atom. The lowest BCUT2D eigenvalue weighted by Crippen LogP contribution is -2.62. The Labute approximate surface area is 257 Å². The van der Waals surface area contributed by atoms with Crippen LogP contribution in [0.4, 0.5) is 5.69 Å². The molecule has 2 saturated carbocycles. The van der Waals surface area contributed by atoms with Crippen LogP contribution in [0.15, 0.2) is 40.7 Å². The van der Waals surface area contributed by atoms with Gasteiger partial charge in [-0.1, -0.05) is 57.3 Å². The Balaban J connectivity index is 1.46. The van der Waals surface area contributed by atoms with Crippen molar-refractivity contribution >= 4 is 34.5 Å². The zero-order valence-corrected chi connectivity index (χ0v) is 25.8. The highest BCUT2D eigenvalue weighted by atomic mass is 16.3. The van der Waals surface area contributed by atoms with Crippen LogP contribution in [-0.2, 0) is 20.8 Å². The number of anilines is 1. The molecule has 6 rings (SSSR count). The number of carbonyl (C=O) groups excluding carboxylic acids is 3. The number of hydrogen-bond donors (Lipinski definition) is 5. The number of rotatable bonds is 6. The summed E-state index contributed by atoms with van der Waals surface area (Å²) >= 11 is 0. The topological polar surface area (TPSA) is 161 Å². The van der Waals surface area contributed by atoms with Crippen molar-refractivity contribution < 1.29 is 34.8 Å². The second-order valence-corrected chi connectivity index (χ2v) is 13.9. The highest BCUT2D eigenvalue weighted by Crippen LogP contribution is 2.56. The van der Waals surface area contributed by atoms with Crippen molar-refractivity contribution in [3.63, 3.8) is 0 Å². The maximum absolute atomic E-state index is 14.2. The van der Waals surface area contributed by atoms with Crippen molar-refractivity contribution in [3.05, 3.63) is 57.4 Å². The molecule has 1 aromatic carbocycles. The summed E-state index contributed by atoms with van der Waals surface area (Å²) in [4.78, 5) is 41.8. The predicted octanol–water partition coefficient (Wildman–Crippen LogP) is 4.67. The molecule has 1 aromatic rings. The third-order valence-corrected chi connectivity index (χ3v) is 10.7. The SMILES string of the molecule is CC(C)[C@@H]1C(=O)C(C(N)=O)=C(O)[C@@]2(O)C(=O)C3=C(O)c4c(O)c(C5=CC=C(CC6CCCC6)C5)cc(N(C)C)c4C[C@H]3C[C@@H]12. The standard InChI is InChI=1S/C35H42N2O7/c1-16(2)25-23-14-20-13-22-24(37(3)4)15-21(19-10-9-18(12-19)11-17-7-5-6-8-17)29(38)27(22)31(40)26(20)32(41)35(23,44)33(42)28(30(25)39)34(36)43/h9-10,15-17,20,23,25,38,40,42,44H,5-8,11-14H2,1-4H3,(H2,36,43)/t20-,23-,25-,35-/m0/s1. The van der Waals surface area contributed by atoms with Crippen molar-refractivity contribution in [2.45, 2.75) is 70.8 Å². The van der Waals surface area contributed by atoms with Crippen LogP contribution < -0.4 is 10.6 Å². The van der Waals surface area contributed by atoms with Gasteiger partial charge in [-0.15, -0.1) is 0 Å². The van der Waals surface area contributed by atoms with Gasteiger partial charge in [0, 0.05) is 42.8 Å². The lowest BCUT2D eigenvalue weighted by atomic mass is 9.54. The van der Waals surface area contributed by atoms with Crippen LogP contribution >= 0.6 is 0 Å². The number of aliphatic hydroxyl groups excluding tert-OH is 2. The molecule has 9 nitrogen and oxygen atoms in total. The summed E-state index contributed by atoms with van der Waals surface area (Å²) < 4.78 is 0. The Morgan fingerprint density at radius 2 is 1.80 bits per heavy atom. The highest BCUT2D eigenvalue weighted by Gasteiger charge is 2.64. The number of primary amides is 1. The molecular formula is C35H42N2O7. The van der Waals surface area contributed by atoms with Gasteiger partial charge in [-0.2, -0.15) is 0 Å². The van der Waals surface area contributed by atoms with Crippen molar-refractivity contribution in [2.24, 2.45) is 35.3 Å². The number of phenols is 1. The number of fused-ring (bicyclic) bond motifs is 3. The number of aromatic hydroxyl groups is 1. The number of hydrogen-bond acceptors (Lipinski definition) is 8. The van der Waals surface area contributed by atoms with E-state index in [0.29, 0.717) is 23.5 Å². The quantitative estimate of drug-likeness (QED) is 0.294. The molecule has 0 aliphatic heterocycles. The van der Waals surface area contributed by atoms with Crippen molar-refractivity contribution in [2.75, 3.05) is 19.0 Å². The van der Waals surface area contributed by atoms with Crippen LogP contribution in [0.1, 0.15) is 75.5 Å². The van der Waals surface area contributed by atoms with Gasteiger partial charge in [-0.05, 0) is 60.6 Å². The van der Waals surface area contributed by atoms with E-state index in [9.17, 15) is 34.8 Å². The Kier molecular flexibility index (Phi) is 7.31. The summed E-state index contributed by atoms with van der Waals surface area (Å²) in [7, 11) is 3.76. The number of phenolic OH excluding ortho intramolecular Hbond substituents is 1. The van der Waals surface area contributed by atoms with Gasteiger partial charge in [-0.3, -0.25) is 14.4 Å². The molecule has 0 aromatic heterocycles. The number of aliphatic hydroxyl groups is 3. The second kappa shape index (κ2) is 10.6. The molecule has 0 heterocycles. The zero-order chi connectivity index (χ0) is 31.8. The van der Waals surface area contributed by atoms with Crippen LogP contribution in [0, 0.1) is 29.6 Å². The van der Waals surface area contributed by atoms with Crippen LogP contribution in [0.2, 0.25) is 0 Å². The summed E-state index contributed by atoms with van der Waals surface area (Å²) in [5.74, 6) is -6.82. The van der Waals surface area contributed by atoms with Gasteiger partial charge in [-0.25, -0.2) is 0 Å². The van der Waals surface area contributed by atoms with Gasteiger partial charge < -0.3 is 31.1 Å². The zero-order valence-electron chi connectivity index (χ0n) is 25.8. The first-order valence-corrected chi connectivity index (χ1v) is 15.7. The summed E-state index contributed by atoms with van der Waals surface area (Å²) in [6, 6.07) is 1.93. The Bertz CT molecular complexity index is 1600. The molecule has 9 heteroatoms. The van der Waals surface area contributed by atoms with E-state index in [-0.39, 0.29) is 35.6 Å². The monoisotopic (exact) mass is 602 g/mol. The number of nitrogens with two attached hydrogens (primary N) is 1. The molecule has 0 unspecified atom stereocenters. The molecule has 1 amide bonds. The van der Waals surface area contributed by atoms with Crippen LogP contribution in [0.5, 0.6) is 5.75 Å². The van der Waals surface area contributed by atoms with Crippen molar-refractivity contribution in [1.82, 2.24) is 0 Å². The lowest BCUT2D eigenvalue weighted by Gasteiger charge is -2.50. The molecule has 5 aliphatic rings. The minimum atomic E-state index is -2.62. The molecule has 0 bridgehead atoms. The van der Waals surface area contributed by atoms with Crippen LogP contribution in [0.3, 0.4) is 0 Å². The van der Waals surface area contributed by atoms with Gasteiger partial charge in [0.1, 0.15) is 22.8 Å². The summed E-state index contributed by atoms with van der Waals surface area (Å²) in [6.45, 7) is 3.51. The van der Waals surface area contributed by atoms with Crippen LogP contribution in [-0.4, -0.2) is 57.6 Å². The van der Waals surface area contributed by atoms with E-state index >= 15 is 0 Å². The molecule has 2 fully saturated rings. The van der Waals surface area contributed by atoms with E-state index in [1.165, 1.54) is 31.3 Å². The number of Topliss-reactive ketones (excluding diaryl/α,β-unsaturated/α-hetero) is 2. The first-order chi connectivity index (χ1) is 20.8. The number of allylic oxidation sites excluding steroid dienone is 4. The third-order valence-electron chi connectivity index (χ3n) is 10.7. The Morgan fingerprint density at radius 3 is 2.41 bits per heavy atom. The smallest absolute Gasteiger partial charge is 0.255 e. The fraction of sp³-hybridized carbons (Fsp3) is 0.514. The normalized spacial score (nSPS) is 28.6. The van der Waals surface area contributed by atoms with Crippen molar-refractivity contribution in [3.8, 4) is 5.75 Å². The second-order valence-electron chi connectivity index (χ2n) is 13.9. The van der Waals surface area contributed by atoms with E-state index in [4.69, 9.17) is 5.73 Å². The van der Waals surface area contributed by atoms with E-state index in [0.717, 1.165) is 17.7 Å². The minimum absolute atomic E-state index is 0.0980. The molecule has 0 radical (unpaired) electrons. The number of benzene rings is 1. The molecule has 0 spiro atoms. The number of carbonyl (C=O) groups is 3. The Hall–Kier alpha value is -3.85. The van der Waals surface area contributed by atoms with E-state index in [1.54, 1.807) is 13.8 Å². The number of ketones is 2. The van der Waals surface area contributed by atoms with Crippen molar-refractivity contribution in [1.29, 1.82) is 0 Å². The average Bonchev–Trinajstić information content (AvgIpc) is 3.63. The molecule has 6 N–H and O–H groups in total. The summed E-state index contributed by atoms with van der Waals surface area (Å²) in [5.41, 5.74) is 6.31. The van der Waals surface area contributed by atoms with Gasteiger partial charge in [0.25, 0.3) is 5.91 Å². The van der Waals surface area contributed by atoms with E-state index in [2.05, 4.69) is 6.08 Å². The largest absolute Gasteiger partial charge is 0.508 e. The molecule has 4 atom stereocenters. The molecule has 5 aliphatic carbocycles. The molecule has 0 saturated heterocycles. The highest BCUT2D eigenvalue weighted by molar-refractivity contribution is 6.23.